The fourth-order valence-electron chi connectivity index (χ4n) is 2.11. The molecule has 1 amide bonds. The molecule has 0 atom stereocenters. The van der Waals surface area contributed by atoms with Crippen molar-refractivity contribution in [3.8, 4) is 0 Å². The van der Waals surface area contributed by atoms with E-state index in [1.165, 1.54) is 0 Å². The van der Waals surface area contributed by atoms with E-state index < -0.39 is 0 Å². The molecule has 0 heterocycles. The van der Waals surface area contributed by atoms with Gasteiger partial charge in [-0.25, -0.2) is 0 Å². The van der Waals surface area contributed by atoms with Gasteiger partial charge in [0.15, 0.2) is 0 Å². The Labute approximate surface area is 148 Å². The molecule has 2 N–H and O–H groups in total. The van der Waals surface area contributed by atoms with Crippen molar-refractivity contribution in [2.45, 2.75) is 64.7 Å². The number of carbonyl (C=O) groups excluding carboxylic acids is 1. The summed E-state index contributed by atoms with van der Waals surface area (Å²) >= 11 is 0. The first-order valence-corrected chi connectivity index (χ1v) is 9.28. The zero-order valence-electron chi connectivity index (χ0n) is 15.3. The molecule has 0 aliphatic rings. The first kappa shape index (κ1) is 22.4. The molecule has 0 aromatic rings. The van der Waals surface area contributed by atoms with Crippen LogP contribution in [0.5, 0.6) is 0 Å². The average molecular weight is 334 g/mol. The van der Waals surface area contributed by atoms with E-state index in [1.807, 2.05) is 0 Å². The third-order valence-corrected chi connectivity index (χ3v) is 3.43. The molecule has 24 heavy (non-hydrogen) atoms. The molecule has 136 valence electrons. The lowest BCUT2D eigenvalue weighted by atomic mass is 10.1. The molecule has 0 unspecified atom stereocenters. The lowest BCUT2D eigenvalue weighted by Gasteiger charge is -2.02. The highest BCUT2D eigenvalue weighted by atomic mass is 16.3. The number of aliphatic hydroxyl groups is 1. The molecular formula is C21H35NO2. The number of carbonyl (C=O) groups is 1. The number of amides is 1. The molecule has 0 aliphatic carbocycles. The Kier molecular flexibility index (Phi) is 18.1. The molecular weight excluding hydrogens is 298 g/mol. The zero-order valence-corrected chi connectivity index (χ0v) is 15.3. The first-order chi connectivity index (χ1) is 11.8. The van der Waals surface area contributed by atoms with E-state index in [2.05, 4.69) is 60.8 Å². The predicted molar refractivity (Wildman–Crippen MR) is 104 cm³/mol. The summed E-state index contributed by atoms with van der Waals surface area (Å²) in [4.78, 5) is 11.3. The number of rotatable bonds is 15. The SMILES string of the molecule is CCC=CCC=CCC=CCC=CCCCCCC(=O)NCCO. The first-order valence-electron chi connectivity index (χ1n) is 9.28. The highest BCUT2D eigenvalue weighted by Gasteiger charge is 1.98. The minimum atomic E-state index is 0.0115. The van der Waals surface area contributed by atoms with E-state index in [0.717, 1.165) is 51.4 Å². The van der Waals surface area contributed by atoms with Crippen LogP contribution in [-0.4, -0.2) is 24.2 Å². The largest absolute Gasteiger partial charge is 0.395 e. The Morgan fingerprint density at radius 3 is 2.00 bits per heavy atom. The third kappa shape index (κ3) is 18.4. The highest BCUT2D eigenvalue weighted by Crippen LogP contribution is 2.04. The van der Waals surface area contributed by atoms with Gasteiger partial charge in [0, 0.05) is 13.0 Å². The van der Waals surface area contributed by atoms with Gasteiger partial charge in [0.2, 0.25) is 5.91 Å². The summed E-state index contributed by atoms with van der Waals surface area (Å²) in [7, 11) is 0. The maximum absolute atomic E-state index is 11.3. The van der Waals surface area contributed by atoms with Gasteiger partial charge in [-0.15, -0.1) is 0 Å². The monoisotopic (exact) mass is 333 g/mol. The summed E-state index contributed by atoms with van der Waals surface area (Å²) in [5.41, 5.74) is 0. The molecule has 0 aromatic carbocycles. The third-order valence-electron chi connectivity index (χ3n) is 3.43. The lowest BCUT2D eigenvalue weighted by molar-refractivity contribution is -0.121. The van der Waals surface area contributed by atoms with Crippen molar-refractivity contribution < 1.29 is 9.90 Å². The standard InChI is InChI=1S/C21H35NO2/c1-2-3-4-5-6-7-8-9-10-11-12-13-14-15-16-17-18-21(24)22-19-20-23/h3-4,6-7,9-10,12-13,23H,2,5,8,11,14-20H2,1H3,(H,22,24). The number of unbranched alkanes of at least 4 members (excludes halogenated alkanes) is 3. The summed E-state index contributed by atoms with van der Waals surface area (Å²) in [6, 6.07) is 0. The van der Waals surface area contributed by atoms with Gasteiger partial charge in [-0.05, 0) is 44.9 Å². The Hall–Kier alpha value is -1.61. The molecule has 0 bridgehead atoms. The van der Waals surface area contributed by atoms with Crippen molar-refractivity contribution >= 4 is 5.91 Å². The highest BCUT2D eigenvalue weighted by molar-refractivity contribution is 5.75. The minimum Gasteiger partial charge on any atom is -0.395 e. The fourth-order valence-corrected chi connectivity index (χ4v) is 2.11. The van der Waals surface area contributed by atoms with Crippen LogP contribution in [0, 0.1) is 0 Å². The second kappa shape index (κ2) is 19.4. The summed E-state index contributed by atoms with van der Waals surface area (Å²) < 4.78 is 0. The van der Waals surface area contributed by atoms with Crippen LogP contribution in [0.4, 0.5) is 0 Å². The van der Waals surface area contributed by atoms with Gasteiger partial charge in [0.1, 0.15) is 0 Å². The van der Waals surface area contributed by atoms with E-state index in [4.69, 9.17) is 5.11 Å². The van der Waals surface area contributed by atoms with Gasteiger partial charge >= 0.3 is 0 Å². The molecule has 0 saturated heterocycles. The van der Waals surface area contributed by atoms with Crippen molar-refractivity contribution in [3.63, 3.8) is 0 Å². The summed E-state index contributed by atoms with van der Waals surface area (Å²) in [5, 5.41) is 11.3. The van der Waals surface area contributed by atoms with Crippen molar-refractivity contribution in [1.82, 2.24) is 5.32 Å². The van der Waals surface area contributed by atoms with E-state index in [0.29, 0.717) is 13.0 Å². The van der Waals surface area contributed by atoms with Crippen LogP contribution in [0.3, 0.4) is 0 Å². The zero-order chi connectivity index (χ0) is 17.7. The number of hydrogen-bond donors (Lipinski definition) is 2. The maximum atomic E-state index is 11.3. The van der Waals surface area contributed by atoms with Crippen molar-refractivity contribution in [1.29, 1.82) is 0 Å². The predicted octanol–water partition coefficient (Wildman–Crippen LogP) is 4.85. The molecule has 0 rings (SSSR count). The molecule has 0 saturated carbocycles. The number of nitrogens with one attached hydrogen (secondary N) is 1. The van der Waals surface area contributed by atoms with Crippen LogP contribution in [-0.2, 0) is 4.79 Å². The van der Waals surface area contributed by atoms with Gasteiger partial charge in [-0.3, -0.25) is 4.79 Å². The van der Waals surface area contributed by atoms with Crippen molar-refractivity contribution in [3.05, 3.63) is 48.6 Å². The lowest BCUT2D eigenvalue weighted by Crippen LogP contribution is -2.25. The van der Waals surface area contributed by atoms with Crippen LogP contribution in [0.15, 0.2) is 48.6 Å². The van der Waals surface area contributed by atoms with Crippen LogP contribution in [0.2, 0.25) is 0 Å². The molecule has 0 aliphatic heterocycles. The Balaban J connectivity index is 3.39. The van der Waals surface area contributed by atoms with E-state index in [9.17, 15) is 4.79 Å². The molecule has 3 heteroatoms. The van der Waals surface area contributed by atoms with Crippen LogP contribution >= 0.6 is 0 Å². The van der Waals surface area contributed by atoms with Gasteiger partial charge < -0.3 is 10.4 Å². The van der Waals surface area contributed by atoms with Crippen molar-refractivity contribution in [2.75, 3.05) is 13.2 Å². The minimum absolute atomic E-state index is 0.0115. The second-order valence-electron chi connectivity index (χ2n) is 5.67. The Morgan fingerprint density at radius 1 is 0.833 bits per heavy atom. The van der Waals surface area contributed by atoms with Crippen molar-refractivity contribution in [2.24, 2.45) is 0 Å². The molecule has 0 aromatic heterocycles. The Bertz CT molecular complexity index is 395. The molecule has 3 nitrogen and oxygen atoms in total. The molecule has 0 spiro atoms. The molecule has 0 fully saturated rings. The maximum Gasteiger partial charge on any atom is 0.220 e. The Morgan fingerprint density at radius 2 is 1.42 bits per heavy atom. The van der Waals surface area contributed by atoms with E-state index >= 15 is 0 Å². The number of aliphatic hydroxyl groups excluding tert-OH is 1. The summed E-state index contributed by atoms with van der Waals surface area (Å²) in [6.07, 6.45) is 26.5. The van der Waals surface area contributed by atoms with Gasteiger partial charge in [-0.1, -0.05) is 62.0 Å². The summed E-state index contributed by atoms with van der Waals surface area (Å²) in [6.45, 7) is 2.52. The number of hydrogen-bond acceptors (Lipinski definition) is 2. The second-order valence-corrected chi connectivity index (χ2v) is 5.67. The average Bonchev–Trinajstić information content (AvgIpc) is 2.59. The quantitative estimate of drug-likeness (QED) is 0.332. The molecule has 0 radical (unpaired) electrons. The van der Waals surface area contributed by atoms with Crippen LogP contribution < -0.4 is 5.32 Å². The van der Waals surface area contributed by atoms with Crippen LogP contribution in [0.25, 0.3) is 0 Å². The van der Waals surface area contributed by atoms with Gasteiger partial charge in [-0.2, -0.15) is 0 Å². The normalized spacial score (nSPS) is 12.2. The summed E-state index contributed by atoms with van der Waals surface area (Å²) in [5.74, 6) is 0.0418. The van der Waals surface area contributed by atoms with Crippen LogP contribution in [0.1, 0.15) is 64.7 Å². The fraction of sp³-hybridized carbons (Fsp3) is 0.571. The topological polar surface area (TPSA) is 49.3 Å². The van der Waals surface area contributed by atoms with E-state index in [1.54, 1.807) is 0 Å². The van der Waals surface area contributed by atoms with Gasteiger partial charge in [0.05, 0.1) is 6.61 Å². The van der Waals surface area contributed by atoms with Gasteiger partial charge in [0.25, 0.3) is 0 Å². The smallest absolute Gasteiger partial charge is 0.220 e. The van der Waals surface area contributed by atoms with E-state index in [-0.39, 0.29) is 12.5 Å². The number of allylic oxidation sites excluding steroid dienone is 8.